The summed E-state index contributed by atoms with van der Waals surface area (Å²) < 4.78 is 0. The molecule has 1 unspecified atom stereocenters. The van der Waals surface area contributed by atoms with Crippen LogP contribution < -0.4 is 21.3 Å². The normalized spacial score (nSPS) is 30.7. The lowest BCUT2D eigenvalue weighted by Crippen LogP contribution is -2.70. The lowest BCUT2D eigenvalue weighted by atomic mass is 10.0. The predicted octanol–water partition coefficient (Wildman–Crippen LogP) is 2.18. The zero-order chi connectivity index (χ0) is 15.4. The minimum absolute atomic E-state index is 0.245. The predicted molar refractivity (Wildman–Crippen MR) is 91.5 cm³/mol. The Morgan fingerprint density at radius 1 is 1.23 bits per heavy atom. The highest BCUT2D eigenvalue weighted by Gasteiger charge is 2.37. The molecule has 3 rings (SSSR count). The minimum atomic E-state index is -0.245. The minimum Gasteiger partial charge on any atom is -0.381 e. The van der Waals surface area contributed by atoms with Gasteiger partial charge in [-0.2, -0.15) is 0 Å². The number of aliphatic imine (C=N–C) groups is 1. The Kier molecular flexibility index (Phi) is 4.91. The smallest absolute Gasteiger partial charge is 0.165 e. The van der Waals surface area contributed by atoms with Gasteiger partial charge in [0.25, 0.3) is 0 Å². The van der Waals surface area contributed by atoms with Crippen molar-refractivity contribution in [2.45, 2.75) is 76.5 Å². The van der Waals surface area contributed by atoms with Crippen LogP contribution in [0.25, 0.3) is 0 Å². The van der Waals surface area contributed by atoms with Crippen LogP contribution in [0.15, 0.2) is 16.4 Å². The summed E-state index contributed by atoms with van der Waals surface area (Å²) in [5.74, 6) is 0.830. The topological polar surface area (TPSA) is 60.5 Å². The second-order valence-electron chi connectivity index (χ2n) is 6.81. The van der Waals surface area contributed by atoms with Crippen LogP contribution in [0.4, 0.5) is 0 Å². The number of nitrogens with one attached hydrogen (secondary N) is 4. The number of unbranched alkanes of at least 4 members (excludes halogenated alkanes) is 1. The molecule has 0 aromatic rings. The molecule has 0 spiro atoms. The summed E-state index contributed by atoms with van der Waals surface area (Å²) in [5.41, 5.74) is 2.53. The Hall–Kier alpha value is -1.23. The number of hydrogen-bond acceptors (Lipinski definition) is 4. The van der Waals surface area contributed by atoms with Crippen LogP contribution in [0.5, 0.6) is 0 Å². The van der Waals surface area contributed by atoms with Crippen molar-refractivity contribution < 1.29 is 0 Å². The van der Waals surface area contributed by atoms with Crippen molar-refractivity contribution >= 4 is 5.84 Å². The van der Waals surface area contributed by atoms with E-state index >= 15 is 0 Å². The first kappa shape index (κ1) is 15.7. The van der Waals surface area contributed by atoms with E-state index in [1.54, 1.807) is 0 Å². The summed E-state index contributed by atoms with van der Waals surface area (Å²) in [5, 5.41) is 14.4. The molecule has 22 heavy (non-hydrogen) atoms. The van der Waals surface area contributed by atoms with Crippen LogP contribution in [0.2, 0.25) is 0 Å². The Morgan fingerprint density at radius 3 is 2.77 bits per heavy atom. The van der Waals surface area contributed by atoms with E-state index in [1.807, 2.05) is 7.05 Å². The second kappa shape index (κ2) is 6.90. The fourth-order valence-electron chi connectivity index (χ4n) is 3.75. The molecule has 0 bridgehead atoms. The van der Waals surface area contributed by atoms with Crippen molar-refractivity contribution in [3.05, 3.63) is 11.4 Å². The summed E-state index contributed by atoms with van der Waals surface area (Å²) in [6.07, 6.45) is 10.9. The van der Waals surface area contributed by atoms with Gasteiger partial charge in [-0.05, 0) is 39.2 Å². The van der Waals surface area contributed by atoms with E-state index in [1.165, 1.54) is 56.3 Å². The molecule has 1 atom stereocenters. The van der Waals surface area contributed by atoms with Crippen molar-refractivity contribution in [1.29, 1.82) is 0 Å². The Labute approximate surface area is 134 Å². The van der Waals surface area contributed by atoms with Crippen LogP contribution in [0.1, 0.15) is 64.7 Å². The van der Waals surface area contributed by atoms with Gasteiger partial charge in [0.2, 0.25) is 0 Å². The van der Waals surface area contributed by atoms with Gasteiger partial charge in [-0.1, -0.05) is 26.2 Å². The number of rotatable bonds is 5. The molecule has 124 valence electrons. The van der Waals surface area contributed by atoms with E-state index < -0.39 is 0 Å². The molecule has 0 radical (unpaired) electrons. The molecule has 1 aliphatic carbocycles. The van der Waals surface area contributed by atoms with Crippen molar-refractivity contribution in [3.63, 3.8) is 0 Å². The molecule has 0 aromatic carbocycles. The van der Waals surface area contributed by atoms with Crippen molar-refractivity contribution in [2.24, 2.45) is 4.99 Å². The Morgan fingerprint density at radius 2 is 2.05 bits per heavy atom. The third-order valence-electron chi connectivity index (χ3n) is 5.11. The monoisotopic (exact) mass is 305 g/mol. The first-order valence-electron chi connectivity index (χ1n) is 9.07. The first-order chi connectivity index (χ1) is 10.8. The van der Waals surface area contributed by atoms with Crippen molar-refractivity contribution in [3.8, 4) is 0 Å². The summed E-state index contributed by atoms with van der Waals surface area (Å²) in [6.45, 7) is 3.29. The summed E-state index contributed by atoms with van der Waals surface area (Å²) >= 11 is 0. The molecular formula is C17H31N5. The van der Waals surface area contributed by atoms with E-state index in [2.05, 4.69) is 28.2 Å². The zero-order valence-corrected chi connectivity index (χ0v) is 14.1. The van der Waals surface area contributed by atoms with Gasteiger partial charge in [-0.15, -0.1) is 0 Å². The Balaban J connectivity index is 1.87. The number of hydrogen-bond donors (Lipinski definition) is 4. The van der Waals surface area contributed by atoms with Crippen LogP contribution in [0, 0.1) is 0 Å². The quantitative estimate of drug-likeness (QED) is 0.629. The average molecular weight is 305 g/mol. The molecule has 4 N–H and O–H groups in total. The summed E-state index contributed by atoms with van der Waals surface area (Å²) in [7, 11) is 2.03. The van der Waals surface area contributed by atoms with Crippen molar-refractivity contribution in [1.82, 2.24) is 21.3 Å². The fraction of sp³-hybridized carbons (Fsp3) is 0.824. The van der Waals surface area contributed by atoms with Gasteiger partial charge < -0.3 is 16.0 Å². The molecule has 1 saturated carbocycles. The lowest BCUT2D eigenvalue weighted by molar-refractivity contribution is 0.230. The summed E-state index contributed by atoms with van der Waals surface area (Å²) in [6, 6.07) is 0.499. The molecule has 5 nitrogen and oxygen atoms in total. The largest absolute Gasteiger partial charge is 0.381 e. The van der Waals surface area contributed by atoms with Gasteiger partial charge in [-0.25, -0.2) is 0 Å². The molecule has 1 fully saturated rings. The van der Waals surface area contributed by atoms with Gasteiger partial charge in [0.1, 0.15) is 5.84 Å². The SMILES string of the molecule is CCCCC1(NC)NC(=NC2CCCC2)C2=C(CCCN2)N1. The highest BCUT2D eigenvalue weighted by molar-refractivity contribution is 6.00. The van der Waals surface area contributed by atoms with Crippen LogP contribution in [-0.2, 0) is 0 Å². The van der Waals surface area contributed by atoms with Crippen LogP contribution in [-0.4, -0.2) is 31.3 Å². The highest BCUT2D eigenvalue weighted by atomic mass is 15.4. The molecule has 0 saturated heterocycles. The Bertz CT molecular complexity index is 450. The van der Waals surface area contributed by atoms with E-state index in [4.69, 9.17) is 4.99 Å². The van der Waals surface area contributed by atoms with Crippen molar-refractivity contribution in [2.75, 3.05) is 13.6 Å². The molecule has 2 aliphatic heterocycles. The molecular weight excluding hydrogens is 274 g/mol. The van der Waals surface area contributed by atoms with Gasteiger partial charge in [0.15, 0.2) is 5.79 Å². The van der Waals surface area contributed by atoms with E-state index in [9.17, 15) is 0 Å². The number of allylic oxidation sites excluding steroid dienone is 1. The maximum absolute atomic E-state index is 5.08. The van der Waals surface area contributed by atoms with Gasteiger partial charge in [0, 0.05) is 18.7 Å². The number of nitrogens with zero attached hydrogens (tertiary/aromatic N) is 1. The van der Waals surface area contributed by atoms with Gasteiger partial charge in [-0.3, -0.25) is 10.3 Å². The third-order valence-corrected chi connectivity index (χ3v) is 5.11. The van der Waals surface area contributed by atoms with E-state index in [0.29, 0.717) is 6.04 Å². The fourth-order valence-corrected chi connectivity index (χ4v) is 3.75. The molecule has 0 aromatic heterocycles. The average Bonchev–Trinajstić information content (AvgIpc) is 3.06. The van der Waals surface area contributed by atoms with E-state index in [-0.39, 0.29) is 5.79 Å². The van der Waals surface area contributed by atoms with Gasteiger partial charge >= 0.3 is 0 Å². The first-order valence-corrected chi connectivity index (χ1v) is 9.07. The molecule has 2 heterocycles. The number of amidine groups is 1. The maximum Gasteiger partial charge on any atom is 0.165 e. The zero-order valence-electron chi connectivity index (χ0n) is 14.1. The second-order valence-corrected chi connectivity index (χ2v) is 6.81. The van der Waals surface area contributed by atoms with E-state index in [0.717, 1.165) is 25.2 Å². The summed E-state index contributed by atoms with van der Waals surface area (Å²) in [4.78, 5) is 5.08. The van der Waals surface area contributed by atoms with Crippen LogP contribution >= 0.6 is 0 Å². The van der Waals surface area contributed by atoms with Crippen LogP contribution in [0.3, 0.4) is 0 Å². The van der Waals surface area contributed by atoms with Gasteiger partial charge in [0.05, 0.1) is 11.7 Å². The molecule has 0 amide bonds. The lowest BCUT2D eigenvalue weighted by Gasteiger charge is -2.44. The maximum atomic E-state index is 5.08. The third kappa shape index (κ3) is 3.24. The molecule has 5 heteroatoms. The highest BCUT2D eigenvalue weighted by Crippen LogP contribution is 2.26. The standard InChI is InChI=1S/C17H31N5/c1-3-4-11-17(18-2)21-14-10-7-12-19-15(14)16(22-17)20-13-8-5-6-9-13/h13,18-19,21H,3-12H2,1-2H3,(H,20,22). The molecule has 3 aliphatic rings.